The first-order chi connectivity index (χ1) is 9.76. The van der Waals surface area contributed by atoms with Crippen molar-refractivity contribution in [2.24, 2.45) is 11.8 Å². The quantitative estimate of drug-likeness (QED) is 0.837. The van der Waals surface area contributed by atoms with Gasteiger partial charge in [0.25, 0.3) is 0 Å². The van der Waals surface area contributed by atoms with E-state index in [1.54, 1.807) is 0 Å². The zero-order chi connectivity index (χ0) is 14.4. The van der Waals surface area contributed by atoms with E-state index in [-0.39, 0.29) is 12.2 Å². The molecule has 0 radical (unpaired) electrons. The Labute approximate surface area is 123 Å². The second kappa shape index (κ2) is 7.80. The van der Waals surface area contributed by atoms with Gasteiger partial charge in [0.15, 0.2) is 0 Å². The second-order valence-corrected chi connectivity index (χ2v) is 5.98. The average Bonchev–Trinajstić information content (AvgIpc) is 2.53. The molecule has 1 aliphatic rings. The second-order valence-electron chi connectivity index (χ2n) is 5.98. The van der Waals surface area contributed by atoms with Crippen molar-refractivity contribution in [3.05, 3.63) is 35.9 Å². The van der Waals surface area contributed by atoms with Crippen LogP contribution in [0.5, 0.6) is 0 Å². The summed E-state index contributed by atoms with van der Waals surface area (Å²) in [6.07, 6.45) is 5.52. The van der Waals surface area contributed by atoms with Gasteiger partial charge in [-0.05, 0) is 37.2 Å². The van der Waals surface area contributed by atoms with E-state index in [2.05, 4.69) is 19.1 Å². The summed E-state index contributed by atoms with van der Waals surface area (Å²) >= 11 is 0. The van der Waals surface area contributed by atoms with Crippen molar-refractivity contribution in [1.29, 1.82) is 0 Å². The molecule has 0 aromatic heterocycles. The molecule has 2 heteroatoms. The van der Waals surface area contributed by atoms with Gasteiger partial charge in [-0.2, -0.15) is 0 Å². The van der Waals surface area contributed by atoms with Crippen molar-refractivity contribution in [1.82, 2.24) is 0 Å². The molecule has 2 rings (SSSR count). The van der Waals surface area contributed by atoms with Crippen LogP contribution in [-0.4, -0.2) is 17.8 Å². The van der Waals surface area contributed by atoms with E-state index in [0.717, 1.165) is 24.3 Å². The van der Waals surface area contributed by atoms with Crippen molar-refractivity contribution in [3.63, 3.8) is 0 Å². The maximum atomic E-state index is 10.8. The summed E-state index contributed by atoms with van der Waals surface area (Å²) in [5.41, 5.74) is 1.10. The third-order valence-electron chi connectivity index (χ3n) is 4.67. The largest absolute Gasteiger partial charge is 0.390 e. The molecule has 1 aromatic carbocycles. The maximum absolute atomic E-state index is 10.8. The van der Waals surface area contributed by atoms with Gasteiger partial charge in [0, 0.05) is 6.61 Å². The Bertz CT molecular complexity index is 376. The molecule has 1 aliphatic carbocycles. The van der Waals surface area contributed by atoms with Crippen molar-refractivity contribution in [2.45, 2.75) is 58.2 Å². The molecule has 0 heterocycles. The molecule has 2 nitrogen and oxygen atoms in total. The number of rotatable bonds is 6. The van der Waals surface area contributed by atoms with Gasteiger partial charge in [0.05, 0.1) is 6.10 Å². The summed E-state index contributed by atoms with van der Waals surface area (Å²) in [5.74, 6) is 1.16. The van der Waals surface area contributed by atoms with Gasteiger partial charge in [-0.1, -0.05) is 56.5 Å². The number of hydrogen-bond donors (Lipinski definition) is 1. The number of aliphatic hydroxyl groups excluding tert-OH is 1. The molecular weight excluding hydrogens is 248 g/mol. The number of aliphatic hydroxyl groups is 1. The first kappa shape index (κ1) is 15.5. The molecule has 1 N–H and O–H groups in total. The Morgan fingerprint density at radius 2 is 1.95 bits per heavy atom. The predicted octanol–water partition coefficient (Wildman–Crippen LogP) is 4.34. The summed E-state index contributed by atoms with van der Waals surface area (Å²) in [6, 6.07) is 10.2. The highest BCUT2D eigenvalue weighted by Gasteiger charge is 2.32. The zero-order valence-corrected chi connectivity index (χ0v) is 12.8. The molecular formula is C18H28O2. The van der Waals surface area contributed by atoms with Crippen molar-refractivity contribution in [2.75, 3.05) is 6.61 Å². The van der Waals surface area contributed by atoms with Crippen LogP contribution in [0.3, 0.4) is 0 Å². The Balaban J connectivity index is 2.08. The van der Waals surface area contributed by atoms with E-state index in [4.69, 9.17) is 4.74 Å². The van der Waals surface area contributed by atoms with E-state index in [1.807, 2.05) is 25.1 Å². The van der Waals surface area contributed by atoms with Gasteiger partial charge in [0.1, 0.15) is 6.10 Å². The minimum absolute atomic E-state index is 0.179. The predicted molar refractivity (Wildman–Crippen MR) is 82.6 cm³/mol. The standard InChI is InChI=1S/C18H28O2/c1-3-14-9-8-12-16(13-14)17(19)18(20-4-2)15-10-6-5-7-11-15/h5-7,10-11,14,16-19H,3-4,8-9,12-13H2,1-2H3. The summed E-state index contributed by atoms with van der Waals surface area (Å²) in [5, 5.41) is 10.8. The van der Waals surface area contributed by atoms with Crippen LogP contribution in [0.2, 0.25) is 0 Å². The monoisotopic (exact) mass is 276 g/mol. The van der Waals surface area contributed by atoms with E-state index in [0.29, 0.717) is 12.5 Å². The van der Waals surface area contributed by atoms with Crippen molar-refractivity contribution >= 4 is 0 Å². The summed E-state index contributed by atoms with van der Waals surface area (Å²) < 4.78 is 5.86. The average molecular weight is 276 g/mol. The Morgan fingerprint density at radius 3 is 2.60 bits per heavy atom. The Kier molecular flexibility index (Phi) is 6.06. The maximum Gasteiger partial charge on any atom is 0.109 e. The van der Waals surface area contributed by atoms with Crippen LogP contribution >= 0.6 is 0 Å². The summed E-state index contributed by atoms with van der Waals surface area (Å²) in [7, 11) is 0. The fraction of sp³-hybridized carbons (Fsp3) is 0.667. The lowest BCUT2D eigenvalue weighted by atomic mass is 9.76. The first-order valence-corrected chi connectivity index (χ1v) is 8.10. The highest BCUT2D eigenvalue weighted by molar-refractivity contribution is 5.19. The smallest absolute Gasteiger partial charge is 0.109 e. The van der Waals surface area contributed by atoms with Gasteiger partial charge in [-0.15, -0.1) is 0 Å². The number of ether oxygens (including phenoxy) is 1. The van der Waals surface area contributed by atoms with E-state index < -0.39 is 0 Å². The van der Waals surface area contributed by atoms with Gasteiger partial charge >= 0.3 is 0 Å². The van der Waals surface area contributed by atoms with Crippen molar-refractivity contribution in [3.8, 4) is 0 Å². The molecule has 1 saturated carbocycles. The van der Waals surface area contributed by atoms with Crippen LogP contribution in [0.25, 0.3) is 0 Å². The van der Waals surface area contributed by atoms with Crippen LogP contribution in [0.1, 0.15) is 57.6 Å². The van der Waals surface area contributed by atoms with Gasteiger partial charge in [0.2, 0.25) is 0 Å². The zero-order valence-electron chi connectivity index (χ0n) is 12.8. The Hall–Kier alpha value is -0.860. The third kappa shape index (κ3) is 3.83. The minimum Gasteiger partial charge on any atom is -0.390 e. The molecule has 1 aromatic rings. The molecule has 20 heavy (non-hydrogen) atoms. The van der Waals surface area contributed by atoms with E-state index in [9.17, 15) is 5.11 Å². The minimum atomic E-state index is -0.383. The lowest BCUT2D eigenvalue weighted by Gasteiger charge is -2.35. The first-order valence-electron chi connectivity index (χ1n) is 8.10. The van der Waals surface area contributed by atoms with Crippen LogP contribution in [0, 0.1) is 11.8 Å². The van der Waals surface area contributed by atoms with Crippen LogP contribution in [-0.2, 0) is 4.74 Å². The SMILES string of the molecule is CCOC(c1ccccc1)C(O)C1CCCC(CC)C1. The third-order valence-corrected chi connectivity index (χ3v) is 4.67. The van der Waals surface area contributed by atoms with Crippen LogP contribution in [0.4, 0.5) is 0 Å². The molecule has 0 spiro atoms. The number of hydrogen-bond acceptors (Lipinski definition) is 2. The lowest BCUT2D eigenvalue weighted by molar-refractivity contribution is -0.0713. The van der Waals surface area contributed by atoms with Crippen LogP contribution in [0.15, 0.2) is 30.3 Å². The normalized spacial score (nSPS) is 26.1. The molecule has 0 amide bonds. The van der Waals surface area contributed by atoms with Crippen molar-refractivity contribution < 1.29 is 9.84 Å². The fourth-order valence-corrected chi connectivity index (χ4v) is 3.48. The lowest BCUT2D eigenvalue weighted by Crippen LogP contribution is -2.33. The highest BCUT2D eigenvalue weighted by Crippen LogP contribution is 2.37. The van der Waals surface area contributed by atoms with E-state index >= 15 is 0 Å². The molecule has 4 unspecified atom stereocenters. The summed E-state index contributed by atoms with van der Waals surface area (Å²) in [4.78, 5) is 0. The molecule has 0 saturated heterocycles. The Morgan fingerprint density at radius 1 is 1.20 bits per heavy atom. The fourth-order valence-electron chi connectivity index (χ4n) is 3.48. The number of benzene rings is 1. The molecule has 0 aliphatic heterocycles. The molecule has 4 atom stereocenters. The van der Waals surface area contributed by atoms with Gasteiger partial charge in [-0.3, -0.25) is 0 Å². The van der Waals surface area contributed by atoms with Gasteiger partial charge < -0.3 is 9.84 Å². The van der Waals surface area contributed by atoms with Gasteiger partial charge in [-0.25, -0.2) is 0 Å². The molecule has 1 fully saturated rings. The van der Waals surface area contributed by atoms with E-state index in [1.165, 1.54) is 19.3 Å². The molecule has 112 valence electrons. The molecule has 0 bridgehead atoms. The highest BCUT2D eigenvalue weighted by atomic mass is 16.5. The topological polar surface area (TPSA) is 29.5 Å². The van der Waals surface area contributed by atoms with Crippen LogP contribution < -0.4 is 0 Å². The summed E-state index contributed by atoms with van der Waals surface area (Å²) in [6.45, 7) is 4.90.